The van der Waals surface area contributed by atoms with Gasteiger partial charge in [0, 0.05) is 16.9 Å². The molecule has 0 bridgehead atoms. The smallest absolute Gasteiger partial charge is 0.339 e. The summed E-state index contributed by atoms with van der Waals surface area (Å²) in [6.45, 7) is 1.98. The summed E-state index contributed by atoms with van der Waals surface area (Å²) in [5, 5.41) is 6.06. The molecule has 0 aromatic heterocycles. The Morgan fingerprint density at radius 2 is 1.44 bits per heavy atom. The third-order valence-corrected chi connectivity index (χ3v) is 4.07. The van der Waals surface area contributed by atoms with Crippen LogP contribution in [0.5, 0.6) is 0 Å². The highest BCUT2D eigenvalue weighted by atomic mass is 16.5. The third-order valence-electron chi connectivity index (χ3n) is 4.07. The highest BCUT2D eigenvalue weighted by molar-refractivity contribution is 6.04. The molecule has 3 rings (SSSR count). The maximum atomic E-state index is 12.3. The summed E-state index contributed by atoms with van der Waals surface area (Å²) >= 11 is 0. The Bertz CT molecular complexity index is 948. The fourth-order valence-electron chi connectivity index (χ4n) is 2.58. The molecule has 0 aliphatic rings. The number of ether oxygens (including phenoxy) is 1. The van der Waals surface area contributed by atoms with Crippen molar-refractivity contribution in [3.05, 3.63) is 89.5 Å². The van der Waals surface area contributed by atoms with Gasteiger partial charge in [0.25, 0.3) is 5.91 Å². The molecule has 2 N–H and O–H groups in total. The first-order valence-corrected chi connectivity index (χ1v) is 8.49. The van der Waals surface area contributed by atoms with Gasteiger partial charge in [0.15, 0.2) is 0 Å². The topological polar surface area (TPSA) is 67.4 Å². The van der Waals surface area contributed by atoms with E-state index in [9.17, 15) is 9.59 Å². The van der Waals surface area contributed by atoms with Crippen molar-refractivity contribution in [2.24, 2.45) is 0 Å². The Morgan fingerprint density at radius 3 is 2.11 bits per heavy atom. The summed E-state index contributed by atoms with van der Waals surface area (Å²) in [5.74, 6) is -0.563. The second-order valence-corrected chi connectivity index (χ2v) is 6.06. The van der Waals surface area contributed by atoms with E-state index in [0.29, 0.717) is 22.5 Å². The zero-order valence-corrected chi connectivity index (χ0v) is 15.2. The molecule has 27 heavy (non-hydrogen) atoms. The number of amides is 1. The van der Waals surface area contributed by atoms with E-state index in [2.05, 4.69) is 10.6 Å². The van der Waals surface area contributed by atoms with E-state index in [-0.39, 0.29) is 5.91 Å². The van der Waals surface area contributed by atoms with Gasteiger partial charge < -0.3 is 15.4 Å². The van der Waals surface area contributed by atoms with E-state index in [4.69, 9.17) is 4.74 Å². The Kier molecular flexibility index (Phi) is 5.52. The quantitative estimate of drug-likeness (QED) is 0.643. The lowest BCUT2D eigenvalue weighted by atomic mass is 10.1. The standard InChI is InChI=1S/C22H20N2O3/c1-15-7-9-16(10-8-15)21(25)24-18-13-11-17(12-14-18)23-20-6-4-3-5-19(20)22(26)27-2/h3-14,23H,1-2H3,(H,24,25). The van der Waals surface area contributed by atoms with E-state index < -0.39 is 5.97 Å². The monoisotopic (exact) mass is 360 g/mol. The normalized spacial score (nSPS) is 10.1. The van der Waals surface area contributed by atoms with Gasteiger partial charge in [-0.25, -0.2) is 4.79 Å². The van der Waals surface area contributed by atoms with Crippen LogP contribution in [0.4, 0.5) is 17.1 Å². The molecule has 5 heteroatoms. The van der Waals surface area contributed by atoms with Crippen molar-refractivity contribution in [3.63, 3.8) is 0 Å². The first kappa shape index (κ1) is 18.2. The van der Waals surface area contributed by atoms with Gasteiger partial charge in [-0.05, 0) is 55.5 Å². The Labute approximate surface area is 158 Å². The van der Waals surface area contributed by atoms with E-state index in [0.717, 1.165) is 11.3 Å². The van der Waals surface area contributed by atoms with E-state index in [1.807, 2.05) is 37.3 Å². The number of hydrogen-bond donors (Lipinski definition) is 2. The van der Waals surface area contributed by atoms with Crippen molar-refractivity contribution in [2.45, 2.75) is 6.92 Å². The first-order chi connectivity index (χ1) is 13.1. The van der Waals surface area contributed by atoms with Crippen LogP contribution in [0.2, 0.25) is 0 Å². The molecule has 1 amide bonds. The molecule has 5 nitrogen and oxygen atoms in total. The van der Waals surface area contributed by atoms with Crippen LogP contribution in [-0.2, 0) is 4.74 Å². The van der Waals surface area contributed by atoms with Gasteiger partial charge in [-0.1, -0.05) is 29.8 Å². The van der Waals surface area contributed by atoms with Crippen LogP contribution in [0.1, 0.15) is 26.3 Å². The maximum Gasteiger partial charge on any atom is 0.339 e. The highest BCUT2D eigenvalue weighted by Crippen LogP contribution is 2.23. The minimum Gasteiger partial charge on any atom is -0.465 e. The van der Waals surface area contributed by atoms with Crippen LogP contribution in [-0.4, -0.2) is 19.0 Å². The molecule has 0 aliphatic heterocycles. The van der Waals surface area contributed by atoms with Crippen molar-refractivity contribution in [1.29, 1.82) is 0 Å². The zero-order chi connectivity index (χ0) is 19.2. The van der Waals surface area contributed by atoms with E-state index in [1.54, 1.807) is 42.5 Å². The van der Waals surface area contributed by atoms with Gasteiger partial charge in [-0.3, -0.25) is 4.79 Å². The lowest BCUT2D eigenvalue weighted by molar-refractivity contribution is 0.0601. The molecule has 0 unspecified atom stereocenters. The molecule has 0 saturated carbocycles. The number of para-hydroxylation sites is 1. The lowest BCUT2D eigenvalue weighted by Gasteiger charge is -2.11. The number of carbonyl (C=O) groups is 2. The fraction of sp³-hybridized carbons (Fsp3) is 0.0909. The summed E-state index contributed by atoms with van der Waals surface area (Å²) < 4.78 is 4.80. The molecule has 0 saturated heterocycles. The number of benzene rings is 3. The molecule has 3 aromatic rings. The van der Waals surface area contributed by atoms with Crippen molar-refractivity contribution in [3.8, 4) is 0 Å². The Morgan fingerprint density at radius 1 is 0.815 bits per heavy atom. The summed E-state index contributed by atoms with van der Waals surface area (Å²) in [6.07, 6.45) is 0. The summed E-state index contributed by atoms with van der Waals surface area (Å²) in [6, 6.07) is 21.8. The van der Waals surface area contributed by atoms with Gasteiger partial charge in [-0.2, -0.15) is 0 Å². The SMILES string of the molecule is COC(=O)c1ccccc1Nc1ccc(NC(=O)c2ccc(C)cc2)cc1. The van der Waals surface area contributed by atoms with Crippen molar-refractivity contribution < 1.29 is 14.3 Å². The molecule has 0 heterocycles. The van der Waals surface area contributed by atoms with Crippen molar-refractivity contribution >= 4 is 28.9 Å². The van der Waals surface area contributed by atoms with Crippen LogP contribution < -0.4 is 10.6 Å². The van der Waals surface area contributed by atoms with Gasteiger partial charge >= 0.3 is 5.97 Å². The van der Waals surface area contributed by atoms with Crippen LogP contribution in [0.25, 0.3) is 0 Å². The van der Waals surface area contributed by atoms with Gasteiger partial charge in [0.2, 0.25) is 0 Å². The van der Waals surface area contributed by atoms with E-state index in [1.165, 1.54) is 7.11 Å². The number of methoxy groups -OCH3 is 1. The van der Waals surface area contributed by atoms with Crippen LogP contribution in [0.3, 0.4) is 0 Å². The highest BCUT2D eigenvalue weighted by Gasteiger charge is 2.11. The second kappa shape index (κ2) is 8.19. The first-order valence-electron chi connectivity index (χ1n) is 8.49. The molecule has 0 aliphatic carbocycles. The predicted molar refractivity (Wildman–Crippen MR) is 107 cm³/mol. The molecule has 0 radical (unpaired) electrons. The number of hydrogen-bond acceptors (Lipinski definition) is 4. The number of nitrogens with one attached hydrogen (secondary N) is 2. The number of esters is 1. The summed E-state index contributed by atoms with van der Waals surface area (Å²) in [5.41, 5.74) is 4.30. The van der Waals surface area contributed by atoms with Crippen molar-refractivity contribution in [2.75, 3.05) is 17.7 Å². The molecule has 0 fully saturated rings. The fourth-order valence-corrected chi connectivity index (χ4v) is 2.58. The molecule has 3 aromatic carbocycles. The molecule has 136 valence electrons. The lowest BCUT2D eigenvalue weighted by Crippen LogP contribution is -2.11. The Hall–Kier alpha value is -3.60. The van der Waals surface area contributed by atoms with E-state index >= 15 is 0 Å². The third kappa shape index (κ3) is 4.52. The van der Waals surface area contributed by atoms with Gasteiger partial charge in [-0.15, -0.1) is 0 Å². The zero-order valence-electron chi connectivity index (χ0n) is 15.2. The average Bonchev–Trinajstić information content (AvgIpc) is 2.70. The van der Waals surface area contributed by atoms with Crippen molar-refractivity contribution in [1.82, 2.24) is 0 Å². The molecule has 0 spiro atoms. The maximum absolute atomic E-state index is 12.3. The molecular weight excluding hydrogens is 340 g/mol. The number of aryl methyl sites for hydroxylation is 1. The number of carbonyl (C=O) groups excluding carboxylic acids is 2. The van der Waals surface area contributed by atoms with Crippen LogP contribution >= 0.6 is 0 Å². The molecular formula is C22H20N2O3. The van der Waals surface area contributed by atoms with Gasteiger partial charge in [0.1, 0.15) is 0 Å². The minimum absolute atomic E-state index is 0.160. The molecule has 0 atom stereocenters. The van der Waals surface area contributed by atoms with Gasteiger partial charge in [0.05, 0.1) is 18.4 Å². The van der Waals surface area contributed by atoms with Crippen LogP contribution in [0, 0.1) is 6.92 Å². The largest absolute Gasteiger partial charge is 0.465 e. The summed E-state index contributed by atoms with van der Waals surface area (Å²) in [7, 11) is 1.35. The van der Waals surface area contributed by atoms with Crippen LogP contribution in [0.15, 0.2) is 72.8 Å². The Balaban J connectivity index is 1.70. The number of rotatable bonds is 5. The average molecular weight is 360 g/mol. The number of anilines is 3. The minimum atomic E-state index is -0.403. The predicted octanol–water partition coefficient (Wildman–Crippen LogP) is 4.78. The second-order valence-electron chi connectivity index (χ2n) is 6.06. The summed E-state index contributed by atoms with van der Waals surface area (Å²) in [4.78, 5) is 24.1.